The molecule has 0 saturated heterocycles. The van der Waals surface area contributed by atoms with Crippen molar-refractivity contribution in [3.8, 4) is 5.75 Å². The van der Waals surface area contributed by atoms with Gasteiger partial charge in [0, 0.05) is 23.1 Å². The lowest BCUT2D eigenvalue weighted by atomic mass is 9.93. The molecule has 1 atom stereocenters. The highest BCUT2D eigenvalue weighted by molar-refractivity contribution is 5.89. The molecule has 1 aliphatic heterocycles. The van der Waals surface area contributed by atoms with E-state index in [1.54, 1.807) is 0 Å². The smallest absolute Gasteiger partial charge is 0.119 e. The molecule has 0 saturated carbocycles. The molecule has 4 aromatic rings. The van der Waals surface area contributed by atoms with E-state index >= 15 is 0 Å². The monoisotopic (exact) mass is 382 g/mol. The van der Waals surface area contributed by atoms with Gasteiger partial charge in [0.25, 0.3) is 0 Å². The third kappa shape index (κ3) is 3.43. The van der Waals surface area contributed by atoms with E-state index in [2.05, 4.69) is 72.7 Å². The van der Waals surface area contributed by atoms with Gasteiger partial charge in [-0.15, -0.1) is 0 Å². The molecule has 2 heterocycles. The number of ether oxygens (including phenoxy) is 1. The largest absolute Gasteiger partial charge is 0.489 e. The van der Waals surface area contributed by atoms with E-state index in [9.17, 15) is 0 Å². The van der Waals surface area contributed by atoms with Gasteiger partial charge in [-0.25, -0.2) is 0 Å². The number of fused-ring (bicyclic) bond motifs is 3. The summed E-state index contributed by atoms with van der Waals surface area (Å²) in [6.07, 6.45) is 1.06. The van der Waals surface area contributed by atoms with E-state index < -0.39 is 0 Å². The van der Waals surface area contributed by atoms with Gasteiger partial charge in [-0.2, -0.15) is 0 Å². The Balaban J connectivity index is 1.41. The highest BCUT2D eigenvalue weighted by Crippen LogP contribution is 2.35. The Labute approximate surface area is 171 Å². The first kappa shape index (κ1) is 18.0. The van der Waals surface area contributed by atoms with Crippen molar-refractivity contribution < 1.29 is 4.74 Å². The zero-order valence-corrected chi connectivity index (χ0v) is 17.0. The van der Waals surface area contributed by atoms with Crippen LogP contribution in [0, 0.1) is 13.8 Å². The number of rotatable bonds is 4. The summed E-state index contributed by atoms with van der Waals surface area (Å²) in [6.45, 7) is 5.96. The highest BCUT2D eigenvalue weighted by atomic mass is 16.5. The van der Waals surface area contributed by atoms with Crippen molar-refractivity contribution in [2.75, 3.05) is 6.54 Å². The minimum Gasteiger partial charge on any atom is -0.489 e. The number of H-pyrrole nitrogens is 1. The zero-order chi connectivity index (χ0) is 19.8. The molecule has 0 spiro atoms. The quantitative estimate of drug-likeness (QED) is 0.482. The molecule has 1 unspecified atom stereocenters. The lowest BCUT2D eigenvalue weighted by molar-refractivity contribution is 0.306. The lowest BCUT2D eigenvalue weighted by Crippen LogP contribution is -2.30. The molecule has 0 bridgehead atoms. The van der Waals surface area contributed by atoms with Gasteiger partial charge in [0.2, 0.25) is 0 Å². The molecule has 1 aromatic heterocycles. The average Bonchev–Trinajstić information content (AvgIpc) is 3.12. The summed E-state index contributed by atoms with van der Waals surface area (Å²) in [5.74, 6) is 0.900. The van der Waals surface area contributed by atoms with Crippen LogP contribution in [-0.4, -0.2) is 11.5 Å². The van der Waals surface area contributed by atoms with Gasteiger partial charge in [0.05, 0.1) is 6.04 Å². The first-order valence-electron chi connectivity index (χ1n) is 10.3. The molecule has 3 heteroatoms. The predicted octanol–water partition coefficient (Wildman–Crippen LogP) is 5.60. The maximum atomic E-state index is 5.95. The van der Waals surface area contributed by atoms with Crippen molar-refractivity contribution in [3.63, 3.8) is 0 Å². The highest BCUT2D eigenvalue weighted by Gasteiger charge is 2.26. The van der Waals surface area contributed by atoms with Gasteiger partial charge < -0.3 is 15.0 Å². The fourth-order valence-corrected chi connectivity index (χ4v) is 4.55. The van der Waals surface area contributed by atoms with E-state index in [0.29, 0.717) is 6.61 Å². The zero-order valence-electron chi connectivity index (χ0n) is 17.0. The number of aromatic amines is 1. The van der Waals surface area contributed by atoms with Crippen molar-refractivity contribution in [1.82, 2.24) is 10.3 Å². The number of aromatic nitrogens is 1. The number of nitrogens with one attached hydrogen (secondary N) is 2. The maximum absolute atomic E-state index is 5.95. The fraction of sp³-hybridized carbons (Fsp3) is 0.231. The maximum Gasteiger partial charge on any atom is 0.119 e. The topological polar surface area (TPSA) is 37.0 Å². The van der Waals surface area contributed by atoms with Crippen LogP contribution >= 0.6 is 0 Å². The van der Waals surface area contributed by atoms with Crippen LogP contribution in [0.4, 0.5) is 0 Å². The summed E-state index contributed by atoms with van der Waals surface area (Å²) in [5.41, 5.74) is 9.13. The Morgan fingerprint density at radius 3 is 2.55 bits per heavy atom. The van der Waals surface area contributed by atoms with Crippen molar-refractivity contribution in [1.29, 1.82) is 0 Å². The van der Waals surface area contributed by atoms with Gasteiger partial charge in [-0.3, -0.25) is 0 Å². The van der Waals surface area contributed by atoms with E-state index in [4.69, 9.17) is 4.74 Å². The Hall–Kier alpha value is -3.04. The van der Waals surface area contributed by atoms with Gasteiger partial charge in [0.15, 0.2) is 0 Å². The van der Waals surface area contributed by atoms with Crippen LogP contribution in [0.1, 0.15) is 39.6 Å². The predicted molar refractivity (Wildman–Crippen MR) is 119 cm³/mol. The third-order valence-corrected chi connectivity index (χ3v) is 5.85. The minimum absolute atomic E-state index is 0.189. The van der Waals surface area contributed by atoms with Gasteiger partial charge in [-0.05, 0) is 66.3 Å². The molecular weight excluding hydrogens is 356 g/mol. The van der Waals surface area contributed by atoms with Crippen LogP contribution in [0.25, 0.3) is 10.9 Å². The molecule has 5 rings (SSSR count). The standard InChI is InChI=1S/C26H26N2O/c1-17-14-18(2)24-22-12-13-27-25(26(22)28-23(24)15-17)20-8-10-21(11-9-20)29-16-19-6-4-3-5-7-19/h3-11,14-15,25,27-28H,12-13,16H2,1-2H3. The molecule has 1 aliphatic rings. The Morgan fingerprint density at radius 2 is 1.76 bits per heavy atom. The molecule has 0 aliphatic carbocycles. The Bertz CT molecular complexity index is 1140. The number of hydrogen-bond acceptors (Lipinski definition) is 2. The van der Waals surface area contributed by atoms with Crippen LogP contribution in [0.15, 0.2) is 66.7 Å². The van der Waals surface area contributed by atoms with Gasteiger partial charge in [-0.1, -0.05) is 48.5 Å². The van der Waals surface area contributed by atoms with Crippen molar-refractivity contribution in [2.24, 2.45) is 0 Å². The SMILES string of the molecule is Cc1cc(C)c2c3c([nH]c2c1)C(c1ccc(OCc2ccccc2)cc1)NCC3. The third-order valence-electron chi connectivity index (χ3n) is 5.85. The first-order chi connectivity index (χ1) is 14.2. The van der Waals surface area contributed by atoms with Gasteiger partial charge in [0.1, 0.15) is 12.4 Å². The summed E-state index contributed by atoms with van der Waals surface area (Å²) in [4.78, 5) is 3.71. The molecule has 29 heavy (non-hydrogen) atoms. The van der Waals surface area contributed by atoms with Crippen LogP contribution < -0.4 is 10.1 Å². The molecule has 0 fully saturated rings. The van der Waals surface area contributed by atoms with E-state index in [1.807, 2.05) is 18.2 Å². The number of benzene rings is 3. The summed E-state index contributed by atoms with van der Waals surface area (Å²) in [5, 5.41) is 5.09. The normalized spacial score (nSPS) is 16.0. The first-order valence-corrected chi connectivity index (χ1v) is 10.3. The Morgan fingerprint density at radius 1 is 0.966 bits per heavy atom. The van der Waals surface area contributed by atoms with Crippen molar-refractivity contribution >= 4 is 10.9 Å². The van der Waals surface area contributed by atoms with E-state index in [-0.39, 0.29) is 6.04 Å². The van der Waals surface area contributed by atoms with E-state index in [0.717, 1.165) is 18.7 Å². The van der Waals surface area contributed by atoms with Crippen molar-refractivity contribution in [2.45, 2.75) is 32.9 Å². The van der Waals surface area contributed by atoms with Crippen molar-refractivity contribution in [3.05, 3.63) is 100 Å². The average molecular weight is 383 g/mol. The number of hydrogen-bond donors (Lipinski definition) is 2. The second-order valence-corrected chi connectivity index (χ2v) is 8.00. The van der Waals surface area contributed by atoms with Gasteiger partial charge >= 0.3 is 0 Å². The van der Waals surface area contributed by atoms with Crippen LogP contribution in [0.3, 0.4) is 0 Å². The molecule has 0 amide bonds. The van der Waals surface area contributed by atoms with Crippen LogP contribution in [0.5, 0.6) is 5.75 Å². The minimum atomic E-state index is 0.189. The Kier molecular flexibility index (Phi) is 4.61. The summed E-state index contributed by atoms with van der Waals surface area (Å²) in [7, 11) is 0. The fourth-order valence-electron chi connectivity index (χ4n) is 4.55. The summed E-state index contributed by atoms with van der Waals surface area (Å²) >= 11 is 0. The second kappa shape index (κ2) is 7.41. The van der Waals surface area contributed by atoms with Crippen LogP contribution in [0.2, 0.25) is 0 Å². The molecule has 2 N–H and O–H groups in total. The summed E-state index contributed by atoms with van der Waals surface area (Å²) in [6, 6.07) is 23.5. The number of aryl methyl sites for hydroxylation is 2. The molecular formula is C26H26N2O. The second-order valence-electron chi connectivity index (χ2n) is 8.00. The molecule has 3 aromatic carbocycles. The summed E-state index contributed by atoms with van der Waals surface area (Å²) < 4.78 is 5.95. The molecule has 3 nitrogen and oxygen atoms in total. The molecule has 146 valence electrons. The lowest BCUT2D eigenvalue weighted by Gasteiger charge is -2.25. The van der Waals surface area contributed by atoms with Crippen LogP contribution in [-0.2, 0) is 13.0 Å². The van der Waals surface area contributed by atoms with E-state index in [1.165, 1.54) is 44.4 Å². The molecule has 0 radical (unpaired) electrons.